The first-order chi connectivity index (χ1) is 14.5. The van der Waals surface area contributed by atoms with Crippen molar-refractivity contribution in [3.8, 4) is 16.9 Å². The number of alkyl halides is 3. The Morgan fingerprint density at radius 2 is 1.94 bits per heavy atom. The molecule has 9 heteroatoms. The fourth-order valence-corrected chi connectivity index (χ4v) is 3.31. The Bertz CT molecular complexity index is 987. The summed E-state index contributed by atoms with van der Waals surface area (Å²) >= 11 is 6.34. The molecule has 0 heterocycles. The molecule has 0 amide bonds. The van der Waals surface area contributed by atoms with Gasteiger partial charge in [0.15, 0.2) is 5.96 Å². The number of nitrogens with one attached hydrogen (secondary N) is 2. The van der Waals surface area contributed by atoms with Gasteiger partial charge in [-0.25, -0.2) is 0 Å². The monoisotopic (exact) mass is 454 g/mol. The minimum Gasteiger partial charge on any atom is -0.491 e. The zero-order chi connectivity index (χ0) is 23.3. The van der Waals surface area contributed by atoms with Crippen LogP contribution < -0.4 is 21.1 Å². The number of hydrogen-bond acceptors (Lipinski definition) is 3. The minimum absolute atomic E-state index is 0.0601. The summed E-state index contributed by atoms with van der Waals surface area (Å²) in [4.78, 5) is 3.71. The summed E-state index contributed by atoms with van der Waals surface area (Å²) in [5.74, 6) is 0.748. The molecule has 2 aromatic rings. The smallest absolute Gasteiger partial charge is 0.417 e. The zero-order valence-corrected chi connectivity index (χ0v) is 18.6. The van der Waals surface area contributed by atoms with Gasteiger partial charge in [-0.2, -0.15) is 13.2 Å². The van der Waals surface area contributed by atoms with Crippen LogP contribution in [0.3, 0.4) is 0 Å². The second-order valence-electron chi connectivity index (χ2n) is 7.06. The van der Waals surface area contributed by atoms with Crippen LogP contribution in [0.15, 0.2) is 47.7 Å². The van der Waals surface area contributed by atoms with E-state index in [1.165, 1.54) is 13.1 Å². The molecule has 0 unspecified atom stereocenters. The average Bonchev–Trinajstić information content (AvgIpc) is 2.66. The maximum atomic E-state index is 14.0. The Morgan fingerprint density at radius 1 is 1.26 bits per heavy atom. The summed E-state index contributed by atoms with van der Waals surface area (Å²) in [6.45, 7) is 9.34. The Morgan fingerprint density at radius 3 is 2.48 bits per heavy atom. The predicted octanol–water partition coefficient (Wildman–Crippen LogP) is 5.79. The predicted molar refractivity (Wildman–Crippen MR) is 120 cm³/mol. The summed E-state index contributed by atoms with van der Waals surface area (Å²) in [6.07, 6.45) is -4.08. The molecule has 0 atom stereocenters. The minimum atomic E-state index is -4.64. The molecule has 0 spiro atoms. The number of rotatable bonds is 7. The highest BCUT2D eigenvalue weighted by Crippen LogP contribution is 2.44. The van der Waals surface area contributed by atoms with Gasteiger partial charge in [0.2, 0.25) is 0 Å². The van der Waals surface area contributed by atoms with Crippen LogP contribution in [0, 0.1) is 0 Å². The van der Waals surface area contributed by atoms with Gasteiger partial charge in [-0.15, -0.1) is 0 Å². The summed E-state index contributed by atoms with van der Waals surface area (Å²) in [7, 11) is 1.46. The largest absolute Gasteiger partial charge is 0.491 e. The van der Waals surface area contributed by atoms with E-state index < -0.39 is 11.7 Å². The van der Waals surface area contributed by atoms with Crippen LogP contribution in [0.2, 0.25) is 5.02 Å². The molecule has 2 rings (SSSR count). The average molecular weight is 455 g/mol. The maximum Gasteiger partial charge on any atom is 0.417 e. The van der Waals surface area contributed by atoms with Crippen molar-refractivity contribution >= 4 is 23.2 Å². The Labute approximate surface area is 185 Å². The molecule has 0 fully saturated rings. The number of aliphatic imine (C=N–C) groups is 1. The molecule has 0 aliphatic rings. The first-order valence-electron chi connectivity index (χ1n) is 9.62. The summed E-state index contributed by atoms with van der Waals surface area (Å²) < 4.78 is 47.7. The van der Waals surface area contributed by atoms with E-state index in [1.807, 2.05) is 20.8 Å². The number of hydrogen-bond donors (Lipinski definition) is 3. The molecule has 0 bridgehead atoms. The van der Waals surface area contributed by atoms with E-state index in [1.54, 1.807) is 18.2 Å². The van der Waals surface area contributed by atoms with E-state index in [0.29, 0.717) is 17.7 Å². The fraction of sp³-hybridized carbons (Fsp3) is 0.318. The number of guanidine groups is 1. The van der Waals surface area contributed by atoms with Crippen LogP contribution in [0.5, 0.6) is 5.75 Å². The topological polar surface area (TPSA) is 71.7 Å². The van der Waals surface area contributed by atoms with Gasteiger partial charge in [0, 0.05) is 18.3 Å². The van der Waals surface area contributed by atoms with Gasteiger partial charge in [-0.05, 0) is 49.6 Å². The number of ether oxygens (including phenoxy) is 1. The van der Waals surface area contributed by atoms with Crippen molar-refractivity contribution in [2.24, 2.45) is 10.7 Å². The summed E-state index contributed by atoms with van der Waals surface area (Å²) in [6, 6.07) is 7.35. The molecule has 0 saturated carbocycles. The summed E-state index contributed by atoms with van der Waals surface area (Å²) in [5, 5.41) is 5.27. The lowest BCUT2D eigenvalue weighted by atomic mass is 9.96. The van der Waals surface area contributed by atoms with Crippen LogP contribution in [-0.4, -0.2) is 19.1 Å². The molecule has 0 saturated heterocycles. The zero-order valence-electron chi connectivity index (χ0n) is 17.8. The lowest BCUT2D eigenvalue weighted by Crippen LogP contribution is -2.33. The van der Waals surface area contributed by atoms with E-state index >= 15 is 0 Å². The second kappa shape index (κ2) is 9.96. The van der Waals surface area contributed by atoms with Crippen molar-refractivity contribution in [3.63, 3.8) is 0 Å². The highest BCUT2D eigenvalue weighted by Gasteiger charge is 2.35. The number of nitrogens with two attached hydrogens (primary N) is 1. The molecule has 0 aliphatic carbocycles. The van der Waals surface area contributed by atoms with Gasteiger partial charge in [0.05, 0.1) is 16.7 Å². The maximum absolute atomic E-state index is 14.0. The van der Waals surface area contributed by atoms with Gasteiger partial charge in [-0.3, -0.25) is 4.99 Å². The molecule has 4 N–H and O–H groups in total. The van der Waals surface area contributed by atoms with Crippen LogP contribution >= 0.6 is 11.6 Å². The number of benzene rings is 2. The van der Waals surface area contributed by atoms with Crippen molar-refractivity contribution in [1.29, 1.82) is 0 Å². The van der Waals surface area contributed by atoms with E-state index in [4.69, 9.17) is 22.1 Å². The lowest BCUT2D eigenvalue weighted by molar-refractivity contribution is -0.137. The van der Waals surface area contributed by atoms with Gasteiger partial charge in [0.25, 0.3) is 0 Å². The third-order valence-electron chi connectivity index (χ3n) is 4.31. The van der Waals surface area contributed by atoms with Crippen molar-refractivity contribution < 1.29 is 17.9 Å². The number of aryl methyl sites for hydroxylation is 1. The first kappa shape index (κ1) is 24.4. The van der Waals surface area contributed by atoms with E-state index in [0.717, 1.165) is 11.6 Å². The third kappa shape index (κ3) is 6.30. The Hall–Kier alpha value is -2.87. The molecule has 168 valence electrons. The van der Waals surface area contributed by atoms with Gasteiger partial charge >= 0.3 is 6.18 Å². The molecule has 31 heavy (non-hydrogen) atoms. The van der Waals surface area contributed by atoms with Crippen LogP contribution in [-0.2, 0) is 12.6 Å². The summed E-state index contributed by atoms with van der Waals surface area (Å²) in [5.41, 5.74) is 5.87. The van der Waals surface area contributed by atoms with Gasteiger partial charge < -0.3 is 21.1 Å². The van der Waals surface area contributed by atoms with Gasteiger partial charge in [0.1, 0.15) is 11.6 Å². The number of nitrogens with zero attached hydrogens (tertiary/aromatic N) is 1. The van der Waals surface area contributed by atoms with Crippen LogP contribution in [0.1, 0.15) is 31.9 Å². The molecule has 0 aromatic heterocycles. The molecule has 0 radical (unpaired) electrons. The van der Waals surface area contributed by atoms with E-state index in [9.17, 15) is 13.2 Å². The molecular weight excluding hydrogens is 429 g/mol. The number of anilines is 1. The van der Waals surface area contributed by atoms with Gasteiger partial charge in [-0.1, -0.05) is 37.2 Å². The molecule has 2 aromatic carbocycles. The molecular formula is C22H26ClF3N4O. The first-order valence-corrected chi connectivity index (χ1v) is 9.99. The molecule has 5 nitrogen and oxygen atoms in total. The van der Waals surface area contributed by atoms with Crippen molar-refractivity contribution in [2.75, 3.05) is 12.4 Å². The van der Waals surface area contributed by atoms with E-state index in [-0.39, 0.29) is 34.2 Å². The van der Waals surface area contributed by atoms with Crippen LogP contribution in [0.4, 0.5) is 18.9 Å². The second-order valence-corrected chi connectivity index (χ2v) is 7.47. The highest BCUT2D eigenvalue weighted by atomic mass is 35.5. The van der Waals surface area contributed by atoms with Crippen LogP contribution in [0.25, 0.3) is 11.1 Å². The molecule has 0 aliphatic heterocycles. The normalized spacial score (nSPS) is 12.1. The SMILES string of the molecule is C=C(NC(N)=NC)Nc1cc(Cl)c(-c2ccc(CC)c(OC(C)C)c2)c(C(F)(F)F)c1. The Balaban J connectivity index is 2.57. The van der Waals surface area contributed by atoms with Crippen molar-refractivity contribution in [1.82, 2.24) is 5.32 Å². The van der Waals surface area contributed by atoms with Crippen molar-refractivity contribution in [3.05, 3.63) is 58.9 Å². The highest BCUT2D eigenvalue weighted by molar-refractivity contribution is 6.34. The fourth-order valence-electron chi connectivity index (χ4n) is 2.98. The van der Waals surface area contributed by atoms with Crippen molar-refractivity contribution in [2.45, 2.75) is 39.5 Å². The Kier molecular flexibility index (Phi) is 7.84. The lowest BCUT2D eigenvalue weighted by Gasteiger charge is -2.20. The standard InChI is InChI=1S/C22H26ClF3N4O/c1-6-14-7-8-15(9-19(14)31-12(2)3)20-17(22(24,25)26)10-16(11-18(20)23)29-13(4)30-21(27)28-5/h7-12,29H,4,6H2,1-3,5H3,(H3,27,28,30). The number of halogens is 4. The third-order valence-corrected chi connectivity index (χ3v) is 4.61. The quantitative estimate of drug-likeness (QED) is 0.365. The van der Waals surface area contributed by atoms with E-state index in [2.05, 4.69) is 22.2 Å².